The van der Waals surface area contributed by atoms with Crippen molar-refractivity contribution < 1.29 is 9.50 Å². The van der Waals surface area contributed by atoms with Gasteiger partial charge in [0.2, 0.25) is 0 Å². The van der Waals surface area contributed by atoms with E-state index >= 15 is 0 Å². The van der Waals surface area contributed by atoms with Crippen LogP contribution >= 0.6 is 0 Å². The van der Waals surface area contributed by atoms with Crippen LogP contribution in [0.25, 0.3) is 0 Å². The second kappa shape index (κ2) is 3.82. The lowest BCUT2D eigenvalue weighted by Crippen LogP contribution is -2.26. The van der Waals surface area contributed by atoms with Crippen LogP contribution in [-0.2, 0) is 6.42 Å². The minimum atomic E-state index is -0.205. The van der Waals surface area contributed by atoms with Gasteiger partial charge in [0, 0.05) is 12.0 Å². The quantitative estimate of drug-likeness (QED) is 0.816. The molecule has 88 valence electrons. The highest BCUT2D eigenvalue weighted by molar-refractivity contribution is 5.23. The van der Waals surface area contributed by atoms with Crippen molar-refractivity contribution in [2.75, 3.05) is 13.2 Å². The van der Waals surface area contributed by atoms with E-state index in [0.29, 0.717) is 6.54 Å². The average Bonchev–Trinajstić information content (AvgIpc) is 2.84. The number of hydrogen-bond donors (Lipinski definition) is 2. The van der Waals surface area contributed by atoms with Crippen molar-refractivity contribution in [3.05, 3.63) is 35.6 Å². The third-order valence-corrected chi connectivity index (χ3v) is 4.06. The molecule has 0 saturated heterocycles. The van der Waals surface area contributed by atoms with E-state index in [4.69, 9.17) is 5.73 Å². The van der Waals surface area contributed by atoms with Crippen LogP contribution < -0.4 is 5.73 Å². The largest absolute Gasteiger partial charge is 0.396 e. The van der Waals surface area contributed by atoms with Crippen molar-refractivity contribution in [1.29, 1.82) is 0 Å². The molecule has 0 bridgehead atoms. The lowest BCUT2D eigenvalue weighted by molar-refractivity contribution is 0.180. The molecule has 16 heavy (non-hydrogen) atoms. The molecule has 1 saturated carbocycles. The zero-order valence-corrected chi connectivity index (χ0v) is 9.54. The molecule has 0 amide bonds. The molecule has 3 heteroatoms. The summed E-state index contributed by atoms with van der Waals surface area (Å²) in [5.74, 6) is -0.205. The Morgan fingerprint density at radius 1 is 1.50 bits per heavy atom. The molecular weight excluding hydrogens is 205 g/mol. The Bertz CT molecular complexity index is 389. The highest BCUT2D eigenvalue weighted by atomic mass is 19.1. The summed E-state index contributed by atoms with van der Waals surface area (Å²) >= 11 is 0. The minimum Gasteiger partial charge on any atom is -0.396 e. The first-order chi connectivity index (χ1) is 7.55. The van der Waals surface area contributed by atoms with Crippen LogP contribution in [-0.4, -0.2) is 18.3 Å². The average molecular weight is 223 g/mol. The van der Waals surface area contributed by atoms with E-state index in [-0.39, 0.29) is 23.3 Å². The monoisotopic (exact) mass is 223 g/mol. The van der Waals surface area contributed by atoms with Crippen molar-refractivity contribution >= 4 is 0 Å². The maximum atomic E-state index is 13.0. The van der Waals surface area contributed by atoms with E-state index in [9.17, 15) is 9.50 Å². The van der Waals surface area contributed by atoms with Crippen LogP contribution in [0.3, 0.4) is 0 Å². The van der Waals surface area contributed by atoms with Gasteiger partial charge in [-0.15, -0.1) is 0 Å². The van der Waals surface area contributed by atoms with Crippen molar-refractivity contribution in [2.45, 2.75) is 19.8 Å². The summed E-state index contributed by atoms with van der Waals surface area (Å²) in [6.45, 7) is 2.73. The SMILES string of the molecule is CC1(Cc2cccc(F)c2)CC1(CN)CO. The van der Waals surface area contributed by atoms with Crippen molar-refractivity contribution in [3.8, 4) is 0 Å². The maximum Gasteiger partial charge on any atom is 0.123 e. The molecular formula is C13H18FNO. The number of aliphatic hydroxyl groups is 1. The third-order valence-electron chi connectivity index (χ3n) is 4.06. The molecule has 3 N–H and O–H groups in total. The molecule has 2 unspecified atom stereocenters. The van der Waals surface area contributed by atoms with Crippen LogP contribution in [0, 0.1) is 16.6 Å². The van der Waals surface area contributed by atoms with Gasteiger partial charge in [0.05, 0.1) is 6.61 Å². The van der Waals surface area contributed by atoms with Gasteiger partial charge in [0.15, 0.2) is 0 Å². The third kappa shape index (κ3) is 1.74. The molecule has 0 heterocycles. The summed E-state index contributed by atoms with van der Waals surface area (Å²) in [5.41, 5.74) is 6.55. The normalized spacial score (nSPS) is 32.8. The summed E-state index contributed by atoms with van der Waals surface area (Å²) in [6, 6.07) is 6.65. The molecule has 1 aromatic carbocycles. The molecule has 0 spiro atoms. The molecule has 2 atom stereocenters. The van der Waals surface area contributed by atoms with E-state index in [1.165, 1.54) is 6.07 Å². The molecule has 0 aliphatic heterocycles. The summed E-state index contributed by atoms with van der Waals surface area (Å²) in [6.07, 6.45) is 1.70. The highest BCUT2D eigenvalue weighted by Crippen LogP contribution is 2.64. The Morgan fingerprint density at radius 3 is 2.75 bits per heavy atom. The maximum absolute atomic E-state index is 13.0. The van der Waals surface area contributed by atoms with Gasteiger partial charge in [0.25, 0.3) is 0 Å². The predicted molar refractivity (Wildman–Crippen MR) is 61.4 cm³/mol. The number of aliphatic hydroxyl groups excluding tert-OH is 1. The van der Waals surface area contributed by atoms with Gasteiger partial charge in [-0.25, -0.2) is 4.39 Å². The van der Waals surface area contributed by atoms with Crippen molar-refractivity contribution in [3.63, 3.8) is 0 Å². The van der Waals surface area contributed by atoms with Crippen LogP contribution in [0.15, 0.2) is 24.3 Å². The molecule has 1 aliphatic carbocycles. The summed E-state index contributed by atoms with van der Waals surface area (Å²) < 4.78 is 13.0. The minimum absolute atomic E-state index is 0.0181. The molecule has 2 nitrogen and oxygen atoms in total. The zero-order valence-electron chi connectivity index (χ0n) is 9.54. The first-order valence-electron chi connectivity index (χ1n) is 5.61. The standard InChI is InChI=1S/C13H18FNO/c1-12(7-13(12,8-15)9-16)6-10-3-2-4-11(14)5-10/h2-5,16H,6-9,15H2,1H3. The number of rotatable bonds is 4. The summed E-state index contributed by atoms with van der Waals surface area (Å²) in [4.78, 5) is 0. The molecule has 0 radical (unpaired) electrons. The smallest absolute Gasteiger partial charge is 0.123 e. The van der Waals surface area contributed by atoms with Gasteiger partial charge >= 0.3 is 0 Å². The lowest BCUT2D eigenvalue weighted by atomic mass is 9.89. The van der Waals surface area contributed by atoms with Gasteiger partial charge < -0.3 is 10.8 Å². The highest BCUT2D eigenvalue weighted by Gasteiger charge is 2.62. The van der Waals surface area contributed by atoms with Gasteiger partial charge in [-0.1, -0.05) is 19.1 Å². The molecule has 1 fully saturated rings. The van der Waals surface area contributed by atoms with E-state index < -0.39 is 0 Å². The summed E-state index contributed by atoms with van der Waals surface area (Å²) in [7, 11) is 0. The van der Waals surface area contributed by atoms with Gasteiger partial charge in [-0.05, 0) is 36.0 Å². The summed E-state index contributed by atoms with van der Waals surface area (Å²) in [5, 5.41) is 9.37. The molecule has 1 aromatic rings. The predicted octanol–water partition coefficient (Wildman–Crippen LogP) is 1.72. The van der Waals surface area contributed by atoms with Crippen LogP contribution in [0.4, 0.5) is 4.39 Å². The van der Waals surface area contributed by atoms with Gasteiger partial charge in [-0.3, -0.25) is 0 Å². The van der Waals surface area contributed by atoms with Crippen LogP contribution in [0.5, 0.6) is 0 Å². The number of nitrogens with two attached hydrogens (primary N) is 1. The Labute approximate surface area is 95.3 Å². The lowest BCUT2D eigenvalue weighted by Gasteiger charge is -2.19. The fraction of sp³-hybridized carbons (Fsp3) is 0.538. The number of benzene rings is 1. The fourth-order valence-corrected chi connectivity index (χ4v) is 2.68. The van der Waals surface area contributed by atoms with Gasteiger partial charge in [-0.2, -0.15) is 0 Å². The Balaban J connectivity index is 2.12. The molecule has 1 aliphatic rings. The second-order valence-electron chi connectivity index (χ2n) is 5.19. The molecule has 0 aromatic heterocycles. The number of halogens is 1. The molecule has 2 rings (SSSR count). The van der Waals surface area contributed by atoms with E-state index in [0.717, 1.165) is 18.4 Å². The van der Waals surface area contributed by atoms with Crippen molar-refractivity contribution in [2.24, 2.45) is 16.6 Å². The Morgan fingerprint density at radius 2 is 2.25 bits per heavy atom. The Hall–Kier alpha value is -0.930. The topological polar surface area (TPSA) is 46.2 Å². The first kappa shape index (κ1) is 11.6. The van der Waals surface area contributed by atoms with Crippen LogP contribution in [0.1, 0.15) is 18.9 Å². The second-order valence-corrected chi connectivity index (χ2v) is 5.19. The van der Waals surface area contributed by atoms with E-state index in [1.807, 2.05) is 6.07 Å². The van der Waals surface area contributed by atoms with Crippen LogP contribution in [0.2, 0.25) is 0 Å². The van der Waals surface area contributed by atoms with Gasteiger partial charge in [0.1, 0.15) is 5.82 Å². The number of hydrogen-bond acceptors (Lipinski definition) is 2. The fourth-order valence-electron chi connectivity index (χ4n) is 2.68. The van der Waals surface area contributed by atoms with Crippen molar-refractivity contribution in [1.82, 2.24) is 0 Å². The Kier molecular flexibility index (Phi) is 2.76. The zero-order chi connectivity index (χ0) is 11.8. The first-order valence-corrected chi connectivity index (χ1v) is 5.61. The van der Waals surface area contributed by atoms with E-state index in [1.54, 1.807) is 12.1 Å². The van der Waals surface area contributed by atoms with E-state index in [2.05, 4.69) is 6.92 Å².